The lowest BCUT2D eigenvalue weighted by Gasteiger charge is -2.16. The van der Waals surface area contributed by atoms with E-state index in [0.29, 0.717) is 0 Å². The number of halogens is 1. The van der Waals surface area contributed by atoms with Gasteiger partial charge in [0.2, 0.25) is 0 Å². The third-order valence-corrected chi connectivity index (χ3v) is 4.95. The maximum atomic E-state index is 6.33. The Morgan fingerprint density at radius 3 is 2.90 bits per heavy atom. The van der Waals surface area contributed by atoms with Gasteiger partial charge in [0.25, 0.3) is 0 Å². The summed E-state index contributed by atoms with van der Waals surface area (Å²) in [5, 5.41) is 0.812. The van der Waals surface area contributed by atoms with Crippen molar-refractivity contribution in [2.75, 3.05) is 6.61 Å². The van der Waals surface area contributed by atoms with Crippen molar-refractivity contribution in [1.82, 2.24) is 0 Å². The summed E-state index contributed by atoms with van der Waals surface area (Å²) < 4.78 is 5.75. The molecule has 20 heavy (non-hydrogen) atoms. The third kappa shape index (κ3) is 3.29. The van der Waals surface area contributed by atoms with Crippen LogP contribution in [0.25, 0.3) is 0 Å². The van der Waals surface area contributed by atoms with E-state index < -0.39 is 0 Å². The van der Waals surface area contributed by atoms with E-state index in [4.69, 9.17) is 22.1 Å². The minimum atomic E-state index is 0.224. The zero-order chi connectivity index (χ0) is 13.9. The van der Waals surface area contributed by atoms with Gasteiger partial charge in [0.1, 0.15) is 5.75 Å². The van der Waals surface area contributed by atoms with Crippen molar-refractivity contribution in [2.24, 2.45) is 11.7 Å². The molecular formula is C17H24ClNO. The molecule has 2 aliphatic rings. The monoisotopic (exact) mass is 293 g/mol. The van der Waals surface area contributed by atoms with E-state index in [0.717, 1.165) is 42.6 Å². The molecule has 1 fully saturated rings. The predicted octanol–water partition coefficient (Wildman–Crippen LogP) is 4.12. The molecule has 1 saturated carbocycles. The summed E-state index contributed by atoms with van der Waals surface area (Å²) in [6.07, 6.45) is 9.89. The van der Waals surface area contributed by atoms with Gasteiger partial charge >= 0.3 is 0 Å². The third-order valence-electron chi connectivity index (χ3n) is 4.73. The van der Waals surface area contributed by atoms with Crippen LogP contribution >= 0.6 is 11.6 Å². The molecule has 2 N–H and O–H groups in total. The van der Waals surface area contributed by atoms with E-state index in [1.807, 2.05) is 12.1 Å². The highest BCUT2D eigenvalue weighted by Gasteiger charge is 2.20. The number of hydrogen-bond acceptors (Lipinski definition) is 2. The van der Waals surface area contributed by atoms with Crippen molar-refractivity contribution in [1.29, 1.82) is 0 Å². The minimum Gasteiger partial charge on any atom is -0.493 e. The van der Waals surface area contributed by atoms with Crippen LogP contribution in [0.1, 0.15) is 49.7 Å². The summed E-state index contributed by atoms with van der Waals surface area (Å²) in [5.41, 5.74) is 8.77. The van der Waals surface area contributed by atoms with Gasteiger partial charge in [0, 0.05) is 17.5 Å². The molecule has 1 unspecified atom stereocenters. The largest absolute Gasteiger partial charge is 0.493 e. The Bertz CT molecular complexity index is 468. The molecule has 0 spiro atoms. The number of fused-ring (bicyclic) bond motifs is 1. The maximum Gasteiger partial charge on any atom is 0.125 e. The van der Waals surface area contributed by atoms with Crippen molar-refractivity contribution in [3.63, 3.8) is 0 Å². The Labute approximate surface area is 126 Å². The second-order valence-corrected chi connectivity index (χ2v) is 6.78. The Morgan fingerprint density at radius 1 is 1.30 bits per heavy atom. The Kier molecular flexibility index (Phi) is 4.52. The van der Waals surface area contributed by atoms with E-state index in [1.54, 1.807) is 0 Å². The van der Waals surface area contributed by atoms with E-state index in [2.05, 4.69) is 0 Å². The molecule has 1 heterocycles. The van der Waals surface area contributed by atoms with Gasteiger partial charge in [-0.1, -0.05) is 37.3 Å². The topological polar surface area (TPSA) is 35.2 Å². The minimum absolute atomic E-state index is 0.224. The summed E-state index contributed by atoms with van der Waals surface area (Å²) in [4.78, 5) is 0. The van der Waals surface area contributed by atoms with Gasteiger partial charge < -0.3 is 10.5 Å². The Hall–Kier alpha value is -0.730. The van der Waals surface area contributed by atoms with E-state index in [-0.39, 0.29) is 6.04 Å². The molecule has 3 rings (SSSR count). The first-order valence-electron chi connectivity index (χ1n) is 7.92. The average Bonchev–Trinajstić information content (AvgIpc) is 3.06. The summed E-state index contributed by atoms with van der Waals surface area (Å²) in [5.74, 6) is 1.97. The number of benzene rings is 1. The molecule has 0 amide bonds. The van der Waals surface area contributed by atoms with Crippen molar-refractivity contribution in [2.45, 2.75) is 57.4 Å². The van der Waals surface area contributed by atoms with Crippen LogP contribution in [0, 0.1) is 5.92 Å². The van der Waals surface area contributed by atoms with Crippen LogP contribution < -0.4 is 10.5 Å². The molecule has 2 nitrogen and oxygen atoms in total. The van der Waals surface area contributed by atoms with Gasteiger partial charge in [-0.15, -0.1) is 0 Å². The normalized spacial score (nSPS) is 19.9. The smallest absolute Gasteiger partial charge is 0.125 e. The standard InChI is InChI=1S/C17H24ClNO/c18-15-9-13-7-8-20-17(13)14(10-15)11-16(19)6-5-12-3-1-2-4-12/h9-10,12,16H,1-8,11,19H2. The van der Waals surface area contributed by atoms with Crippen molar-refractivity contribution >= 4 is 11.6 Å². The van der Waals surface area contributed by atoms with Gasteiger partial charge in [0.05, 0.1) is 6.61 Å². The van der Waals surface area contributed by atoms with E-state index in [9.17, 15) is 0 Å². The van der Waals surface area contributed by atoms with Crippen molar-refractivity contribution in [3.8, 4) is 5.75 Å². The fourth-order valence-corrected chi connectivity index (χ4v) is 3.89. The second-order valence-electron chi connectivity index (χ2n) is 6.34. The molecule has 0 bridgehead atoms. The van der Waals surface area contributed by atoms with Crippen LogP contribution in [-0.4, -0.2) is 12.6 Å². The maximum absolute atomic E-state index is 6.33. The summed E-state index contributed by atoms with van der Waals surface area (Å²) in [6.45, 7) is 0.778. The van der Waals surface area contributed by atoms with Gasteiger partial charge in [-0.3, -0.25) is 0 Å². The number of hydrogen-bond donors (Lipinski definition) is 1. The van der Waals surface area contributed by atoms with Gasteiger partial charge in [0.15, 0.2) is 0 Å². The Morgan fingerprint density at radius 2 is 2.10 bits per heavy atom. The van der Waals surface area contributed by atoms with Gasteiger partial charge in [-0.25, -0.2) is 0 Å². The van der Waals surface area contributed by atoms with Crippen molar-refractivity contribution < 1.29 is 4.74 Å². The fraction of sp³-hybridized carbons (Fsp3) is 0.647. The average molecular weight is 294 g/mol. The second kappa shape index (κ2) is 6.36. The highest BCUT2D eigenvalue weighted by atomic mass is 35.5. The first-order chi connectivity index (χ1) is 9.72. The quantitative estimate of drug-likeness (QED) is 0.886. The first-order valence-corrected chi connectivity index (χ1v) is 8.30. The lowest BCUT2D eigenvalue weighted by molar-refractivity contribution is 0.351. The van der Waals surface area contributed by atoms with Gasteiger partial charge in [-0.2, -0.15) is 0 Å². The Balaban J connectivity index is 1.59. The molecule has 1 atom stereocenters. The number of nitrogens with two attached hydrogens (primary N) is 1. The molecule has 1 aromatic rings. The van der Waals surface area contributed by atoms with Gasteiger partial charge in [-0.05, 0) is 48.4 Å². The highest BCUT2D eigenvalue weighted by molar-refractivity contribution is 6.30. The highest BCUT2D eigenvalue weighted by Crippen LogP contribution is 2.34. The predicted molar refractivity (Wildman–Crippen MR) is 83.5 cm³/mol. The summed E-state index contributed by atoms with van der Waals surface area (Å²) >= 11 is 6.20. The molecular weight excluding hydrogens is 270 g/mol. The zero-order valence-corrected chi connectivity index (χ0v) is 12.8. The SMILES string of the molecule is NC(CCC1CCCC1)Cc1cc(Cl)cc2c1OCC2. The van der Waals surface area contributed by atoms with E-state index in [1.165, 1.54) is 43.2 Å². The molecule has 1 aliphatic heterocycles. The van der Waals surface area contributed by atoms with Crippen LogP contribution in [0.3, 0.4) is 0 Å². The number of ether oxygens (including phenoxy) is 1. The molecule has 1 aliphatic carbocycles. The summed E-state index contributed by atoms with van der Waals surface area (Å²) in [6, 6.07) is 4.28. The molecule has 110 valence electrons. The molecule has 1 aromatic carbocycles. The van der Waals surface area contributed by atoms with Crippen LogP contribution in [0.15, 0.2) is 12.1 Å². The van der Waals surface area contributed by atoms with Crippen LogP contribution in [-0.2, 0) is 12.8 Å². The molecule has 0 aromatic heterocycles. The molecule has 0 radical (unpaired) electrons. The fourth-order valence-electron chi connectivity index (χ4n) is 3.63. The molecule has 0 saturated heterocycles. The number of rotatable bonds is 5. The summed E-state index contributed by atoms with van der Waals surface area (Å²) in [7, 11) is 0. The lowest BCUT2D eigenvalue weighted by atomic mass is 9.94. The van der Waals surface area contributed by atoms with E-state index >= 15 is 0 Å². The van der Waals surface area contributed by atoms with Crippen LogP contribution in [0.5, 0.6) is 5.75 Å². The van der Waals surface area contributed by atoms with Crippen LogP contribution in [0.4, 0.5) is 0 Å². The zero-order valence-electron chi connectivity index (χ0n) is 12.0. The first kappa shape index (κ1) is 14.2. The molecule has 3 heteroatoms. The van der Waals surface area contributed by atoms with Crippen LogP contribution in [0.2, 0.25) is 5.02 Å². The van der Waals surface area contributed by atoms with Crippen molar-refractivity contribution in [3.05, 3.63) is 28.3 Å². The lowest BCUT2D eigenvalue weighted by Crippen LogP contribution is -2.23.